The molecule has 5 nitrogen and oxygen atoms in total. The number of carbonyl (C=O) groups is 1. The van der Waals surface area contributed by atoms with Crippen LogP contribution in [0.5, 0.6) is 11.5 Å². The fourth-order valence-electron chi connectivity index (χ4n) is 1.61. The van der Waals surface area contributed by atoms with Crippen molar-refractivity contribution in [1.82, 2.24) is 5.43 Å². The van der Waals surface area contributed by atoms with E-state index in [0.717, 1.165) is 10.0 Å². The van der Waals surface area contributed by atoms with Gasteiger partial charge in [-0.05, 0) is 33.4 Å². The van der Waals surface area contributed by atoms with Crippen LogP contribution in [-0.2, 0) is 0 Å². The Morgan fingerprint density at radius 3 is 2.71 bits per heavy atom. The number of amides is 1. The zero-order chi connectivity index (χ0) is 15.2. The van der Waals surface area contributed by atoms with E-state index in [2.05, 4.69) is 26.5 Å². The first-order chi connectivity index (χ1) is 10.2. The number of benzene rings is 1. The van der Waals surface area contributed by atoms with Crippen molar-refractivity contribution >= 4 is 39.4 Å². The van der Waals surface area contributed by atoms with Gasteiger partial charge < -0.3 is 9.47 Å². The summed E-state index contributed by atoms with van der Waals surface area (Å²) in [7, 11) is 3.14. The maximum atomic E-state index is 11.7. The number of nitrogens with one attached hydrogen (secondary N) is 1. The first-order valence-corrected chi connectivity index (χ1v) is 7.61. The van der Waals surface area contributed by atoms with Gasteiger partial charge >= 0.3 is 0 Å². The summed E-state index contributed by atoms with van der Waals surface area (Å²) in [5.74, 6) is 1.02. The second-order valence-electron chi connectivity index (χ2n) is 3.91. The van der Waals surface area contributed by atoms with Crippen LogP contribution in [0.1, 0.15) is 15.2 Å². The molecule has 0 fully saturated rings. The molecule has 0 aliphatic heterocycles. The largest absolute Gasteiger partial charge is 0.496 e. The molecule has 7 heteroatoms. The van der Waals surface area contributed by atoms with Gasteiger partial charge in [0.15, 0.2) is 0 Å². The summed E-state index contributed by atoms with van der Waals surface area (Å²) in [5, 5.41) is 5.78. The molecule has 2 aromatic rings. The first kappa shape index (κ1) is 15.5. The van der Waals surface area contributed by atoms with Crippen molar-refractivity contribution in [2.75, 3.05) is 14.2 Å². The van der Waals surface area contributed by atoms with Gasteiger partial charge in [0.1, 0.15) is 11.5 Å². The monoisotopic (exact) mass is 368 g/mol. The molecule has 0 aliphatic rings. The summed E-state index contributed by atoms with van der Waals surface area (Å²) in [4.78, 5) is 12.3. The van der Waals surface area contributed by atoms with Gasteiger partial charge in [0.25, 0.3) is 5.91 Å². The number of nitrogens with zero attached hydrogens (tertiary/aromatic N) is 1. The van der Waals surface area contributed by atoms with Crippen LogP contribution in [-0.4, -0.2) is 26.3 Å². The lowest BCUT2D eigenvalue weighted by Crippen LogP contribution is -2.16. The maximum Gasteiger partial charge on any atom is 0.281 e. The number of hydrogen-bond acceptors (Lipinski definition) is 5. The third kappa shape index (κ3) is 3.83. The number of hydrogen-bond donors (Lipinski definition) is 1. The molecule has 1 amide bonds. The molecule has 0 atom stereocenters. The van der Waals surface area contributed by atoms with Gasteiger partial charge in [0.05, 0.1) is 29.8 Å². The number of halogens is 1. The fourth-order valence-corrected chi connectivity index (χ4v) is 2.74. The molecule has 2 rings (SSSR count). The minimum Gasteiger partial charge on any atom is -0.496 e. The van der Waals surface area contributed by atoms with Crippen molar-refractivity contribution in [3.05, 3.63) is 44.6 Å². The van der Waals surface area contributed by atoms with E-state index in [0.29, 0.717) is 16.4 Å². The number of hydrazone groups is 1. The molecule has 0 aliphatic carbocycles. The van der Waals surface area contributed by atoms with Gasteiger partial charge in [-0.2, -0.15) is 5.10 Å². The Balaban J connectivity index is 2.13. The van der Waals surface area contributed by atoms with Crippen molar-refractivity contribution in [3.63, 3.8) is 0 Å². The van der Waals surface area contributed by atoms with Crippen LogP contribution in [0.25, 0.3) is 0 Å². The minimum atomic E-state index is -0.243. The first-order valence-electron chi connectivity index (χ1n) is 5.94. The second-order valence-corrected chi connectivity index (χ2v) is 5.71. The van der Waals surface area contributed by atoms with E-state index in [1.54, 1.807) is 32.4 Å². The van der Waals surface area contributed by atoms with Gasteiger partial charge in [0.2, 0.25) is 0 Å². The molecule has 21 heavy (non-hydrogen) atoms. The maximum absolute atomic E-state index is 11.7. The molecule has 0 saturated carbocycles. The summed E-state index contributed by atoms with van der Waals surface area (Å²) in [6.07, 6.45) is 1.52. The van der Waals surface area contributed by atoms with Crippen LogP contribution < -0.4 is 14.9 Å². The SMILES string of the molecule is COc1cc(OC)c(/C=N/NC(=O)c2cccs2)cc1Br. The standard InChI is InChI=1S/C14H13BrN2O3S/c1-19-11-7-12(20-2)10(15)6-9(11)8-16-17-14(18)13-4-3-5-21-13/h3-8H,1-2H3,(H,17,18)/b16-8+. The number of thiophene rings is 1. The average Bonchev–Trinajstić information content (AvgIpc) is 3.01. The molecule has 0 saturated heterocycles. The van der Waals surface area contributed by atoms with E-state index in [-0.39, 0.29) is 5.91 Å². The van der Waals surface area contributed by atoms with Crippen LogP contribution in [0, 0.1) is 0 Å². The average molecular weight is 369 g/mol. The molecule has 110 valence electrons. The van der Waals surface area contributed by atoms with Gasteiger partial charge in [-0.15, -0.1) is 11.3 Å². The molecule has 1 N–H and O–H groups in total. The van der Waals surface area contributed by atoms with E-state index in [9.17, 15) is 4.79 Å². The van der Waals surface area contributed by atoms with E-state index < -0.39 is 0 Å². The summed E-state index contributed by atoms with van der Waals surface area (Å²) >= 11 is 4.75. The Morgan fingerprint density at radius 2 is 2.10 bits per heavy atom. The van der Waals surface area contributed by atoms with Gasteiger partial charge in [-0.25, -0.2) is 5.43 Å². The highest BCUT2D eigenvalue weighted by Crippen LogP contribution is 2.31. The van der Waals surface area contributed by atoms with Crippen LogP contribution in [0.3, 0.4) is 0 Å². The molecule has 0 spiro atoms. The number of rotatable bonds is 5. The summed E-state index contributed by atoms with van der Waals surface area (Å²) in [6, 6.07) is 7.10. The van der Waals surface area contributed by atoms with Crippen LogP contribution in [0.4, 0.5) is 0 Å². The van der Waals surface area contributed by atoms with Gasteiger partial charge in [-0.3, -0.25) is 4.79 Å². The topological polar surface area (TPSA) is 59.9 Å². The second kappa shape index (κ2) is 7.24. The van der Waals surface area contributed by atoms with Crippen LogP contribution >= 0.6 is 27.3 Å². The van der Waals surface area contributed by atoms with Crippen molar-refractivity contribution in [1.29, 1.82) is 0 Å². The molecule has 0 radical (unpaired) electrons. The van der Waals surface area contributed by atoms with Crippen molar-refractivity contribution < 1.29 is 14.3 Å². The lowest BCUT2D eigenvalue weighted by molar-refractivity contribution is 0.0959. The molecule has 0 unspecified atom stereocenters. The van der Waals surface area contributed by atoms with Crippen LogP contribution in [0.15, 0.2) is 39.2 Å². The van der Waals surface area contributed by atoms with Crippen molar-refractivity contribution in [2.45, 2.75) is 0 Å². The van der Waals surface area contributed by atoms with E-state index in [1.807, 2.05) is 11.4 Å². The molecule has 1 aromatic heterocycles. The van der Waals surface area contributed by atoms with E-state index in [4.69, 9.17) is 9.47 Å². The van der Waals surface area contributed by atoms with Gasteiger partial charge in [-0.1, -0.05) is 6.07 Å². The highest BCUT2D eigenvalue weighted by atomic mass is 79.9. The Morgan fingerprint density at radius 1 is 1.33 bits per heavy atom. The Bertz CT molecular complexity index is 656. The van der Waals surface area contributed by atoms with Crippen LogP contribution in [0.2, 0.25) is 0 Å². The third-order valence-electron chi connectivity index (χ3n) is 2.62. The predicted octanol–water partition coefficient (Wildman–Crippen LogP) is 3.29. The zero-order valence-electron chi connectivity index (χ0n) is 11.4. The number of ether oxygens (including phenoxy) is 2. The summed E-state index contributed by atoms with van der Waals surface area (Å²) in [5.41, 5.74) is 3.19. The normalized spacial score (nSPS) is 10.6. The number of carbonyl (C=O) groups excluding carboxylic acids is 1. The van der Waals surface area contributed by atoms with Crippen molar-refractivity contribution in [3.8, 4) is 11.5 Å². The zero-order valence-corrected chi connectivity index (χ0v) is 13.8. The molecule has 1 heterocycles. The lowest BCUT2D eigenvalue weighted by Gasteiger charge is -2.09. The molecule has 0 bridgehead atoms. The predicted molar refractivity (Wildman–Crippen MR) is 86.6 cm³/mol. The van der Waals surface area contributed by atoms with Gasteiger partial charge in [0, 0.05) is 11.6 Å². The smallest absolute Gasteiger partial charge is 0.281 e. The Labute approximate surface area is 134 Å². The minimum absolute atomic E-state index is 0.243. The van der Waals surface area contributed by atoms with E-state index >= 15 is 0 Å². The highest BCUT2D eigenvalue weighted by molar-refractivity contribution is 9.10. The lowest BCUT2D eigenvalue weighted by atomic mass is 10.2. The summed E-state index contributed by atoms with van der Waals surface area (Å²) < 4.78 is 11.2. The number of methoxy groups -OCH3 is 2. The Kier molecular flexibility index (Phi) is 5.35. The molecular weight excluding hydrogens is 356 g/mol. The van der Waals surface area contributed by atoms with E-state index in [1.165, 1.54) is 17.6 Å². The van der Waals surface area contributed by atoms with Crippen molar-refractivity contribution in [2.24, 2.45) is 5.10 Å². The summed E-state index contributed by atoms with van der Waals surface area (Å²) in [6.45, 7) is 0. The fraction of sp³-hybridized carbons (Fsp3) is 0.143. The Hall–Kier alpha value is -1.86. The molecular formula is C14H13BrN2O3S. The third-order valence-corrected chi connectivity index (χ3v) is 4.11. The highest BCUT2D eigenvalue weighted by Gasteiger charge is 2.08. The quantitative estimate of drug-likeness (QED) is 0.650. The molecule has 1 aromatic carbocycles.